The second-order valence-corrected chi connectivity index (χ2v) is 9.63. The Morgan fingerprint density at radius 3 is 2.44 bits per heavy atom. The van der Waals surface area contributed by atoms with Crippen molar-refractivity contribution in [2.75, 3.05) is 32.3 Å². The summed E-state index contributed by atoms with van der Waals surface area (Å²) in [5.74, 6) is -0.394. The zero-order chi connectivity index (χ0) is 20.2. The van der Waals surface area contributed by atoms with E-state index in [9.17, 15) is 21.6 Å². The Morgan fingerprint density at radius 2 is 1.85 bits per heavy atom. The normalized spacial score (nSPS) is 21.4. The lowest BCUT2D eigenvalue weighted by atomic mass is 10.2. The van der Waals surface area contributed by atoms with Gasteiger partial charge in [-0.05, 0) is 19.1 Å². The lowest BCUT2D eigenvalue weighted by Crippen LogP contribution is -2.51. The minimum Gasteiger partial charge on any atom is -0.497 e. The van der Waals surface area contributed by atoms with E-state index < -0.39 is 49.5 Å². The summed E-state index contributed by atoms with van der Waals surface area (Å²) in [4.78, 5) is 11.4. The molecule has 1 fully saturated rings. The van der Waals surface area contributed by atoms with Crippen molar-refractivity contribution in [3.05, 3.63) is 18.2 Å². The molecular weight excluding hydrogens is 400 g/mol. The second kappa shape index (κ2) is 8.31. The van der Waals surface area contributed by atoms with Gasteiger partial charge in [0.25, 0.3) is 0 Å². The van der Waals surface area contributed by atoms with E-state index in [0.717, 1.165) is 0 Å². The van der Waals surface area contributed by atoms with Gasteiger partial charge >= 0.3 is 6.09 Å². The van der Waals surface area contributed by atoms with Crippen molar-refractivity contribution in [2.24, 2.45) is 0 Å². The third-order valence-corrected chi connectivity index (χ3v) is 7.16. The maximum Gasteiger partial charge on any atom is 0.407 e. The molecule has 0 bridgehead atoms. The van der Waals surface area contributed by atoms with Gasteiger partial charge in [-0.2, -0.15) is 0 Å². The Hall–Kier alpha value is -2.05. The van der Waals surface area contributed by atoms with Crippen LogP contribution in [0.15, 0.2) is 23.1 Å². The molecule has 0 aliphatic carbocycles. The summed E-state index contributed by atoms with van der Waals surface area (Å²) >= 11 is 0. The lowest BCUT2D eigenvalue weighted by Gasteiger charge is -2.21. The van der Waals surface area contributed by atoms with Gasteiger partial charge in [0.05, 0.1) is 44.4 Å². The number of alkyl carbamates (subject to hydrolysis) is 1. The Bertz CT molecular complexity index is 898. The summed E-state index contributed by atoms with van der Waals surface area (Å²) in [6.45, 7) is 1.70. The maximum atomic E-state index is 12.8. The molecule has 1 aromatic carbocycles. The van der Waals surface area contributed by atoms with Crippen LogP contribution in [0, 0.1) is 0 Å². The molecule has 0 spiro atoms. The highest BCUT2D eigenvalue weighted by molar-refractivity contribution is 7.92. The van der Waals surface area contributed by atoms with Gasteiger partial charge in [0.1, 0.15) is 16.4 Å². The first kappa shape index (κ1) is 21.3. The lowest BCUT2D eigenvalue weighted by molar-refractivity contribution is 0.148. The number of hydrogen-bond acceptors (Lipinski definition) is 8. The monoisotopic (exact) mass is 422 g/mol. The number of ether oxygens (including phenoxy) is 3. The Morgan fingerprint density at radius 1 is 1.19 bits per heavy atom. The van der Waals surface area contributed by atoms with E-state index in [1.54, 1.807) is 6.92 Å². The molecule has 0 saturated carbocycles. The SMILES string of the molecule is CCOC(=O)N[C@@H]1CS(=O)(=O)C[C@@H]1NS(=O)(=O)c1ccc(OC)cc1OC. The molecule has 0 radical (unpaired) electrons. The highest BCUT2D eigenvalue weighted by Gasteiger charge is 2.41. The number of nitrogens with one attached hydrogen (secondary N) is 2. The van der Waals surface area contributed by atoms with E-state index in [1.807, 2.05) is 0 Å². The average molecular weight is 422 g/mol. The van der Waals surface area contributed by atoms with Crippen LogP contribution in [0.5, 0.6) is 11.5 Å². The molecule has 2 atom stereocenters. The molecule has 12 heteroatoms. The van der Waals surface area contributed by atoms with Crippen LogP contribution in [0.2, 0.25) is 0 Å². The molecule has 1 saturated heterocycles. The van der Waals surface area contributed by atoms with Crippen molar-refractivity contribution in [2.45, 2.75) is 23.9 Å². The number of hydrogen-bond donors (Lipinski definition) is 2. The van der Waals surface area contributed by atoms with E-state index in [2.05, 4.69) is 10.0 Å². The Labute approximate surface area is 158 Å². The maximum absolute atomic E-state index is 12.8. The fourth-order valence-corrected chi connectivity index (χ4v) is 6.08. The van der Waals surface area contributed by atoms with Crippen molar-refractivity contribution < 1.29 is 35.8 Å². The van der Waals surface area contributed by atoms with Crippen LogP contribution in [-0.4, -0.2) is 67.3 Å². The molecule has 1 aliphatic rings. The first-order valence-corrected chi connectivity index (χ1v) is 11.3. The van der Waals surface area contributed by atoms with Crippen molar-refractivity contribution in [3.8, 4) is 11.5 Å². The van der Waals surface area contributed by atoms with Gasteiger partial charge in [-0.15, -0.1) is 0 Å². The molecule has 2 N–H and O–H groups in total. The first-order valence-electron chi connectivity index (χ1n) is 8.00. The Balaban J connectivity index is 2.28. The fourth-order valence-electron chi connectivity index (χ4n) is 2.69. The van der Waals surface area contributed by atoms with Gasteiger partial charge in [0.15, 0.2) is 9.84 Å². The first-order chi connectivity index (χ1) is 12.6. The predicted octanol–water partition coefficient (Wildman–Crippen LogP) is -0.106. The second-order valence-electron chi connectivity index (χ2n) is 5.79. The number of benzene rings is 1. The molecule has 2 rings (SSSR count). The minimum atomic E-state index is -4.13. The third kappa shape index (κ3) is 5.23. The molecule has 1 aromatic rings. The predicted molar refractivity (Wildman–Crippen MR) is 96.3 cm³/mol. The van der Waals surface area contributed by atoms with Crippen molar-refractivity contribution in [3.63, 3.8) is 0 Å². The summed E-state index contributed by atoms with van der Waals surface area (Å²) < 4.78 is 66.6. The van der Waals surface area contributed by atoms with E-state index in [4.69, 9.17) is 14.2 Å². The number of amides is 1. The summed E-state index contributed by atoms with van der Waals surface area (Å²) in [5, 5.41) is 2.39. The highest BCUT2D eigenvalue weighted by atomic mass is 32.2. The standard InChI is InChI=1S/C15H22N2O8S2/c1-4-25-15(18)16-11-8-26(19,20)9-12(11)17-27(21,22)14-6-5-10(23-2)7-13(14)24-3/h5-7,11-12,17H,4,8-9H2,1-3H3,(H,16,18)/t11-,12+/m1/s1. The zero-order valence-electron chi connectivity index (χ0n) is 15.1. The highest BCUT2D eigenvalue weighted by Crippen LogP contribution is 2.29. The van der Waals surface area contributed by atoms with Crippen molar-refractivity contribution in [1.29, 1.82) is 0 Å². The number of carbonyl (C=O) groups excluding carboxylic acids is 1. The van der Waals surface area contributed by atoms with E-state index >= 15 is 0 Å². The number of sulfone groups is 1. The Kier molecular flexibility index (Phi) is 6.54. The van der Waals surface area contributed by atoms with Crippen LogP contribution in [0.3, 0.4) is 0 Å². The summed E-state index contributed by atoms with van der Waals surface area (Å²) in [6, 6.07) is 2.13. The number of rotatable bonds is 7. The largest absolute Gasteiger partial charge is 0.497 e. The molecule has 27 heavy (non-hydrogen) atoms. The molecule has 1 aliphatic heterocycles. The molecule has 152 valence electrons. The van der Waals surface area contributed by atoms with Gasteiger partial charge in [0.2, 0.25) is 10.0 Å². The van der Waals surface area contributed by atoms with Crippen LogP contribution in [0.25, 0.3) is 0 Å². The average Bonchev–Trinajstić information content (AvgIpc) is 2.86. The van der Waals surface area contributed by atoms with Crippen LogP contribution >= 0.6 is 0 Å². The van der Waals surface area contributed by atoms with Crippen LogP contribution in [0.1, 0.15) is 6.92 Å². The summed E-state index contributed by atoms with van der Waals surface area (Å²) in [6.07, 6.45) is -0.814. The number of methoxy groups -OCH3 is 2. The van der Waals surface area contributed by atoms with Gasteiger partial charge in [-0.25, -0.2) is 26.4 Å². The molecule has 0 unspecified atom stereocenters. The van der Waals surface area contributed by atoms with E-state index in [-0.39, 0.29) is 17.3 Å². The van der Waals surface area contributed by atoms with Crippen molar-refractivity contribution >= 4 is 26.0 Å². The number of sulfonamides is 1. The van der Waals surface area contributed by atoms with Gasteiger partial charge in [-0.3, -0.25) is 0 Å². The number of carbonyl (C=O) groups is 1. The molecule has 10 nitrogen and oxygen atoms in total. The zero-order valence-corrected chi connectivity index (χ0v) is 16.7. The van der Waals surface area contributed by atoms with Crippen LogP contribution in [0.4, 0.5) is 4.79 Å². The van der Waals surface area contributed by atoms with E-state index in [0.29, 0.717) is 5.75 Å². The van der Waals surface area contributed by atoms with Gasteiger partial charge in [0, 0.05) is 6.07 Å². The quantitative estimate of drug-likeness (QED) is 0.621. The molecule has 1 heterocycles. The smallest absolute Gasteiger partial charge is 0.407 e. The summed E-state index contributed by atoms with van der Waals surface area (Å²) in [5.41, 5.74) is 0. The van der Waals surface area contributed by atoms with Crippen LogP contribution in [-0.2, 0) is 24.6 Å². The molecule has 1 amide bonds. The topological polar surface area (TPSA) is 137 Å². The van der Waals surface area contributed by atoms with Gasteiger partial charge < -0.3 is 19.5 Å². The molecular formula is C15H22N2O8S2. The minimum absolute atomic E-state index is 0.0394. The van der Waals surface area contributed by atoms with Crippen LogP contribution < -0.4 is 19.5 Å². The summed E-state index contributed by atoms with van der Waals surface area (Å²) in [7, 11) is -4.93. The molecule has 0 aromatic heterocycles. The van der Waals surface area contributed by atoms with Crippen molar-refractivity contribution in [1.82, 2.24) is 10.0 Å². The third-order valence-electron chi connectivity index (χ3n) is 3.90. The van der Waals surface area contributed by atoms with Gasteiger partial charge in [-0.1, -0.05) is 0 Å². The van der Waals surface area contributed by atoms with E-state index in [1.165, 1.54) is 32.4 Å². The fraction of sp³-hybridized carbons (Fsp3) is 0.533.